The first-order chi connectivity index (χ1) is 12.0. The standard InChI is InChI=1S/C19H17F2N3O/c1-12(25)16-11-22-24-8-6-14(10-19(16)24)23-7-2-3-18(23)15-9-13(20)4-5-17(15)21/h4-6,8-11,18H,2-3,7H2,1H3. The summed E-state index contributed by atoms with van der Waals surface area (Å²) in [4.78, 5) is 13.8. The SMILES string of the molecule is CC(=O)c1cnn2ccc(N3CCCC3c3cc(F)ccc3F)cc12. The first kappa shape index (κ1) is 15.7. The van der Waals surface area contributed by atoms with Crippen LogP contribution < -0.4 is 4.90 Å². The fourth-order valence-electron chi connectivity index (χ4n) is 3.59. The maximum Gasteiger partial charge on any atom is 0.163 e. The van der Waals surface area contributed by atoms with Crippen molar-refractivity contribution in [3.63, 3.8) is 0 Å². The number of rotatable bonds is 3. The summed E-state index contributed by atoms with van der Waals surface area (Å²) in [6.45, 7) is 2.25. The Kier molecular flexibility index (Phi) is 3.75. The lowest BCUT2D eigenvalue weighted by atomic mass is 10.0. The number of fused-ring (bicyclic) bond motifs is 1. The number of hydrogen-bond donors (Lipinski definition) is 0. The summed E-state index contributed by atoms with van der Waals surface area (Å²) in [6.07, 6.45) is 4.98. The Hall–Kier alpha value is -2.76. The monoisotopic (exact) mass is 341 g/mol. The molecule has 1 aliphatic rings. The maximum atomic E-state index is 14.2. The minimum Gasteiger partial charge on any atom is -0.364 e. The summed E-state index contributed by atoms with van der Waals surface area (Å²) in [6, 6.07) is 7.14. The van der Waals surface area contributed by atoms with Gasteiger partial charge in [-0.2, -0.15) is 5.10 Å². The van der Waals surface area contributed by atoms with Crippen molar-refractivity contribution in [3.05, 3.63) is 65.5 Å². The van der Waals surface area contributed by atoms with Gasteiger partial charge in [-0.1, -0.05) is 0 Å². The van der Waals surface area contributed by atoms with Crippen LogP contribution in [-0.4, -0.2) is 21.9 Å². The van der Waals surface area contributed by atoms with Crippen LogP contribution in [0.15, 0.2) is 42.7 Å². The number of pyridine rings is 1. The second kappa shape index (κ2) is 5.95. The topological polar surface area (TPSA) is 37.6 Å². The Labute approximate surface area is 143 Å². The second-order valence-corrected chi connectivity index (χ2v) is 6.35. The molecule has 1 aromatic carbocycles. The number of nitrogens with zero attached hydrogens (tertiary/aromatic N) is 3. The predicted octanol–water partition coefficient (Wildman–Crippen LogP) is 4.16. The van der Waals surface area contributed by atoms with Crippen LogP contribution in [0, 0.1) is 11.6 Å². The van der Waals surface area contributed by atoms with Crippen molar-refractivity contribution in [2.24, 2.45) is 0 Å². The smallest absolute Gasteiger partial charge is 0.163 e. The van der Waals surface area contributed by atoms with E-state index in [1.54, 1.807) is 16.9 Å². The third-order valence-electron chi connectivity index (χ3n) is 4.79. The Bertz CT molecular complexity index is 966. The lowest BCUT2D eigenvalue weighted by molar-refractivity contribution is 0.101. The Morgan fingerprint density at radius 2 is 2.08 bits per heavy atom. The zero-order chi connectivity index (χ0) is 17.6. The summed E-state index contributed by atoms with van der Waals surface area (Å²) < 4.78 is 29.5. The number of Topliss-reactive ketones (excluding diaryl/α,β-unsaturated/α-hetero) is 1. The van der Waals surface area contributed by atoms with E-state index in [0.717, 1.165) is 36.7 Å². The number of carbonyl (C=O) groups excluding carboxylic acids is 1. The summed E-state index contributed by atoms with van der Waals surface area (Å²) in [5, 5.41) is 4.18. The maximum absolute atomic E-state index is 14.2. The van der Waals surface area contributed by atoms with Gasteiger partial charge >= 0.3 is 0 Å². The Morgan fingerprint density at radius 1 is 1.24 bits per heavy atom. The summed E-state index contributed by atoms with van der Waals surface area (Å²) in [7, 11) is 0. The highest BCUT2D eigenvalue weighted by Gasteiger charge is 2.29. The number of aromatic nitrogens is 2. The van der Waals surface area contributed by atoms with E-state index in [1.807, 2.05) is 12.1 Å². The molecule has 2 aromatic heterocycles. The van der Waals surface area contributed by atoms with Crippen LogP contribution in [0.4, 0.5) is 14.5 Å². The van der Waals surface area contributed by atoms with Crippen LogP contribution in [0.5, 0.6) is 0 Å². The molecule has 1 fully saturated rings. The van der Waals surface area contributed by atoms with Gasteiger partial charge in [-0.15, -0.1) is 0 Å². The molecule has 0 radical (unpaired) electrons. The zero-order valence-corrected chi connectivity index (χ0v) is 13.7. The molecule has 0 N–H and O–H groups in total. The van der Waals surface area contributed by atoms with Crippen LogP contribution in [0.2, 0.25) is 0 Å². The molecule has 1 atom stereocenters. The van der Waals surface area contributed by atoms with Crippen molar-refractivity contribution in [1.29, 1.82) is 0 Å². The average Bonchev–Trinajstić information content (AvgIpc) is 3.22. The third kappa shape index (κ3) is 2.67. The summed E-state index contributed by atoms with van der Waals surface area (Å²) in [5.41, 5.74) is 2.52. The number of anilines is 1. The molecule has 0 amide bonds. The normalized spacial score (nSPS) is 17.4. The minimum atomic E-state index is -0.437. The van der Waals surface area contributed by atoms with E-state index in [4.69, 9.17) is 0 Å². The van der Waals surface area contributed by atoms with Gasteiger partial charge in [0.05, 0.1) is 23.3 Å². The highest BCUT2D eigenvalue weighted by atomic mass is 19.1. The van der Waals surface area contributed by atoms with Gasteiger partial charge in [0.2, 0.25) is 0 Å². The second-order valence-electron chi connectivity index (χ2n) is 6.35. The molecule has 0 aliphatic carbocycles. The van der Waals surface area contributed by atoms with Crippen LogP contribution in [-0.2, 0) is 0 Å². The molecule has 25 heavy (non-hydrogen) atoms. The van der Waals surface area contributed by atoms with E-state index in [0.29, 0.717) is 11.1 Å². The third-order valence-corrected chi connectivity index (χ3v) is 4.79. The van der Waals surface area contributed by atoms with Gasteiger partial charge in [0.15, 0.2) is 5.78 Å². The molecule has 3 heterocycles. The molecule has 1 aliphatic heterocycles. The summed E-state index contributed by atoms with van der Waals surface area (Å²) >= 11 is 0. The van der Waals surface area contributed by atoms with Crippen LogP contribution >= 0.6 is 0 Å². The van der Waals surface area contributed by atoms with Crippen molar-refractivity contribution < 1.29 is 13.6 Å². The molecule has 6 heteroatoms. The quantitative estimate of drug-likeness (QED) is 0.672. The Morgan fingerprint density at radius 3 is 2.88 bits per heavy atom. The number of carbonyl (C=O) groups is 1. The van der Waals surface area contributed by atoms with Crippen molar-refractivity contribution in [2.45, 2.75) is 25.8 Å². The first-order valence-electron chi connectivity index (χ1n) is 8.24. The number of hydrogen-bond acceptors (Lipinski definition) is 3. The van der Waals surface area contributed by atoms with E-state index in [2.05, 4.69) is 10.00 Å². The van der Waals surface area contributed by atoms with Crippen molar-refractivity contribution in [1.82, 2.24) is 9.61 Å². The number of benzene rings is 1. The minimum absolute atomic E-state index is 0.0544. The van der Waals surface area contributed by atoms with E-state index in [9.17, 15) is 13.6 Å². The van der Waals surface area contributed by atoms with Crippen molar-refractivity contribution in [2.75, 3.05) is 11.4 Å². The van der Waals surface area contributed by atoms with Crippen LogP contribution in [0.1, 0.15) is 41.7 Å². The van der Waals surface area contributed by atoms with Crippen molar-refractivity contribution in [3.8, 4) is 0 Å². The van der Waals surface area contributed by atoms with Gasteiger partial charge in [-0.25, -0.2) is 13.3 Å². The van der Waals surface area contributed by atoms with E-state index in [1.165, 1.54) is 19.1 Å². The molecule has 3 aromatic rings. The van der Waals surface area contributed by atoms with Crippen LogP contribution in [0.3, 0.4) is 0 Å². The van der Waals surface area contributed by atoms with E-state index < -0.39 is 11.6 Å². The Balaban J connectivity index is 1.77. The average molecular weight is 341 g/mol. The number of ketones is 1. The van der Waals surface area contributed by atoms with Crippen LogP contribution in [0.25, 0.3) is 5.52 Å². The molecule has 0 bridgehead atoms. The molecule has 4 nitrogen and oxygen atoms in total. The molecular formula is C19H17F2N3O. The molecule has 1 unspecified atom stereocenters. The highest BCUT2D eigenvalue weighted by molar-refractivity contribution is 6.00. The largest absolute Gasteiger partial charge is 0.364 e. The van der Waals surface area contributed by atoms with E-state index in [-0.39, 0.29) is 11.8 Å². The van der Waals surface area contributed by atoms with Gasteiger partial charge < -0.3 is 4.90 Å². The van der Waals surface area contributed by atoms with E-state index >= 15 is 0 Å². The fraction of sp³-hybridized carbons (Fsp3) is 0.263. The molecule has 0 saturated carbocycles. The summed E-state index contributed by atoms with van der Waals surface area (Å²) in [5.74, 6) is -0.886. The van der Waals surface area contributed by atoms with Gasteiger partial charge in [0.25, 0.3) is 0 Å². The lowest BCUT2D eigenvalue weighted by Gasteiger charge is -2.27. The zero-order valence-electron chi connectivity index (χ0n) is 13.7. The van der Waals surface area contributed by atoms with Gasteiger partial charge in [-0.3, -0.25) is 4.79 Å². The predicted molar refractivity (Wildman–Crippen MR) is 90.9 cm³/mol. The highest BCUT2D eigenvalue weighted by Crippen LogP contribution is 2.38. The number of halogens is 2. The molecular weight excluding hydrogens is 324 g/mol. The molecule has 128 valence electrons. The van der Waals surface area contributed by atoms with Gasteiger partial charge in [0.1, 0.15) is 11.6 Å². The molecule has 1 saturated heterocycles. The molecule has 0 spiro atoms. The van der Waals surface area contributed by atoms with Gasteiger partial charge in [-0.05, 0) is 50.1 Å². The van der Waals surface area contributed by atoms with Gasteiger partial charge in [0, 0.05) is 24.0 Å². The first-order valence-corrected chi connectivity index (χ1v) is 8.24. The fourth-order valence-corrected chi connectivity index (χ4v) is 3.59. The van der Waals surface area contributed by atoms with Crippen molar-refractivity contribution >= 4 is 17.0 Å². The lowest BCUT2D eigenvalue weighted by Crippen LogP contribution is -2.23. The molecule has 4 rings (SSSR count).